The van der Waals surface area contributed by atoms with E-state index in [9.17, 15) is 9.59 Å². The largest absolute Gasteiger partial charge is 0.444 e. The van der Waals surface area contributed by atoms with Crippen LogP contribution in [0.1, 0.15) is 27.2 Å². The van der Waals surface area contributed by atoms with Gasteiger partial charge in [-0.3, -0.25) is 4.79 Å². The van der Waals surface area contributed by atoms with Crippen LogP contribution in [0.15, 0.2) is 0 Å². The standard InChI is InChI=1S/C11H18N2O3/c1-11(2,3)16-10(15)13-6-8-4-9(13)5-12(8)7-14/h7-9H,4-6H2,1-3H3. The summed E-state index contributed by atoms with van der Waals surface area (Å²) in [4.78, 5) is 26.1. The van der Waals surface area contributed by atoms with Crippen molar-refractivity contribution in [2.45, 2.75) is 44.9 Å². The van der Waals surface area contributed by atoms with Gasteiger partial charge in [0.15, 0.2) is 0 Å². The number of nitrogens with zero attached hydrogens (tertiary/aromatic N) is 2. The Hall–Kier alpha value is -1.26. The molecule has 0 aliphatic carbocycles. The monoisotopic (exact) mass is 226 g/mol. The molecule has 2 saturated heterocycles. The third kappa shape index (κ3) is 1.99. The fourth-order valence-corrected chi connectivity index (χ4v) is 2.37. The van der Waals surface area contributed by atoms with Gasteiger partial charge >= 0.3 is 6.09 Å². The molecule has 0 N–H and O–H groups in total. The molecule has 0 aromatic rings. The molecule has 16 heavy (non-hydrogen) atoms. The number of fused-ring (bicyclic) bond motifs is 2. The molecule has 0 aromatic heterocycles. The SMILES string of the molecule is CC(C)(C)OC(=O)N1CC2CC1CN2C=O. The molecule has 2 rings (SSSR count). The Bertz CT molecular complexity index is 311. The third-order valence-corrected chi connectivity index (χ3v) is 3.05. The predicted octanol–water partition coefficient (Wildman–Crippen LogP) is 0.836. The van der Waals surface area contributed by atoms with E-state index in [1.54, 1.807) is 9.80 Å². The summed E-state index contributed by atoms with van der Waals surface area (Å²) in [5, 5.41) is 0. The van der Waals surface area contributed by atoms with Crippen LogP contribution in [-0.4, -0.2) is 53.1 Å². The minimum Gasteiger partial charge on any atom is -0.444 e. The molecule has 90 valence electrons. The van der Waals surface area contributed by atoms with Gasteiger partial charge in [0.25, 0.3) is 0 Å². The summed E-state index contributed by atoms with van der Waals surface area (Å²) in [6.07, 6.45) is 1.50. The minimum atomic E-state index is -0.455. The maximum atomic E-state index is 11.8. The van der Waals surface area contributed by atoms with Crippen molar-refractivity contribution in [3.05, 3.63) is 0 Å². The van der Waals surface area contributed by atoms with E-state index in [-0.39, 0.29) is 18.2 Å². The Balaban J connectivity index is 1.95. The quantitative estimate of drug-likeness (QED) is 0.622. The smallest absolute Gasteiger partial charge is 0.410 e. The minimum absolute atomic E-state index is 0.144. The zero-order valence-electron chi connectivity index (χ0n) is 9.97. The maximum absolute atomic E-state index is 11.8. The van der Waals surface area contributed by atoms with Gasteiger partial charge in [-0.2, -0.15) is 0 Å². The average molecular weight is 226 g/mol. The Morgan fingerprint density at radius 3 is 2.44 bits per heavy atom. The molecule has 2 amide bonds. The van der Waals surface area contributed by atoms with Gasteiger partial charge in [-0.1, -0.05) is 0 Å². The number of piperazine rings is 1. The lowest BCUT2D eigenvalue weighted by Crippen LogP contribution is -2.49. The second kappa shape index (κ2) is 3.64. The highest BCUT2D eigenvalue weighted by Gasteiger charge is 2.45. The van der Waals surface area contributed by atoms with Gasteiger partial charge in [-0.25, -0.2) is 4.79 Å². The van der Waals surface area contributed by atoms with Crippen LogP contribution < -0.4 is 0 Å². The van der Waals surface area contributed by atoms with E-state index in [2.05, 4.69) is 0 Å². The van der Waals surface area contributed by atoms with Gasteiger partial charge in [0, 0.05) is 13.1 Å². The normalized spacial score (nSPS) is 28.4. The van der Waals surface area contributed by atoms with Gasteiger partial charge in [-0.15, -0.1) is 0 Å². The molecule has 2 atom stereocenters. The summed E-state index contributed by atoms with van der Waals surface area (Å²) in [7, 11) is 0. The maximum Gasteiger partial charge on any atom is 0.410 e. The van der Waals surface area contributed by atoms with Crippen molar-refractivity contribution in [1.29, 1.82) is 0 Å². The molecule has 0 spiro atoms. The van der Waals surface area contributed by atoms with Crippen LogP contribution in [0.3, 0.4) is 0 Å². The van der Waals surface area contributed by atoms with Gasteiger partial charge in [0.05, 0.1) is 12.1 Å². The molecule has 2 heterocycles. The van der Waals surface area contributed by atoms with E-state index in [0.29, 0.717) is 13.1 Å². The van der Waals surface area contributed by atoms with Crippen molar-refractivity contribution >= 4 is 12.5 Å². The first-order chi connectivity index (χ1) is 7.40. The Labute approximate surface area is 95.3 Å². The molecular formula is C11H18N2O3. The number of amides is 2. The van der Waals surface area contributed by atoms with E-state index in [4.69, 9.17) is 4.74 Å². The molecule has 2 bridgehead atoms. The van der Waals surface area contributed by atoms with Crippen molar-refractivity contribution in [3.63, 3.8) is 0 Å². The number of ether oxygens (including phenoxy) is 1. The highest BCUT2D eigenvalue weighted by molar-refractivity contribution is 5.70. The Morgan fingerprint density at radius 1 is 1.31 bits per heavy atom. The summed E-state index contributed by atoms with van der Waals surface area (Å²) in [6, 6.07) is 0.333. The molecule has 0 saturated carbocycles. The average Bonchev–Trinajstić information content (AvgIpc) is 2.72. The van der Waals surface area contributed by atoms with E-state index >= 15 is 0 Å². The first kappa shape index (κ1) is 11.2. The van der Waals surface area contributed by atoms with Crippen LogP contribution in [0.2, 0.25) is 0 Å². The lowest BCUT2D eigenvalue weighted by molar-refractivity contribution is -0.120. The van der Waals surface area contributed by atoms with Crippen molar-refractivity contribution in [2.24, 2.45) is 0 Å². The first-order valence-electron chi connectivity index (χ1n) is 5.61. The second-order valence-corrected chi connectivity index (χ2v) is 5.48. The van der Waals surface area contributed by atoms with E-state index in [0.717, 1.165) is 12.8 Å². The summed E-state index contributed by atoms with van der Waals surface area (Å²) >= 11 is 0. The second-order valence-electron chi connectivity index (χ2n) is 5.48. The van der Waals surface area contributed by atoms with Gasteiger partial charge in [0.2, 0.25) is 6.41 Å². The van der Waals surface area contributed by atoms with Crippen molar-refractivity contribution < 1.29 is 14.3 Å². The lowest BCUT2D eigenvalue weighted by Gasteiger charge is -2.33. The Morgan fingerprint density at radius 2 is 2.00 bits per heavy atom. The van der Waals surface area contributed by atoms with E-state index < -0.39 is 5.60 Å². The zero-order chi connectivity index (χ0) is 11.9. The molecule has 2 aliphatic rings. The Kier molecular flexibility index (Phi) is 2.56. The fraction of sp³-hybridized carbons (Fsp3) is 0.818. The topological polar surface area (TPSA) is 49.9 Å². The van der Waals surface area contributed by atoms with Crippen LogP contribution in [0.4, 0.5) is 4.79 Å². The summed E-state index contributed by atoms with van der Waals surface area (Å²) < 4.78 is 5.32. The highest BCUT2D eigenvalue weighted by Crippen LogP contribution is 2.30. The molecule has 2 unspecified atom stereocenters. The number of carbonyl (C=O) groups excluding carboxylic acids is 2. The number of carbonyl (C=O) groups is 2. The van der Waals surface area contributed by atoms with Crippen LogP contribution in [0, 0.1) is 0 Å². The van der Waals surface area contributed by atoms with Crippen LogP contribution in [0.25, 0.3) is 0 Å². The number of hydrogen-bond acceptors (Lipinski definition) is 3. The zero-order valence-corrected chi connectivity index (χ0v) is 9.97. The predicted molar refractivity (Wildman–Crippen MR) is 57.9 cm³/mol. The van der Waals surface area contributed by atoms with Crippen molar-refractivity contribution in [3.8, 4) is 0 Å². The first-order valence-corrected chi connectivity index (χ1v) is 5.61. The molecule has 2 aliphatic heterocycles. The van der Waals surface area contributed by atoms with E-state index in [1.165, 1.54) is 0 Å². The fourth-order valence-electron chi connectivity index (χ4n) is 2.37. The van der Waals surface area contributed by atoms with Gasteiger partial charge in [-0.05, 0) is 27.2 Å². The molecule has 0 radical (unpaired) electrons. The van der Waals surface area contributed by atoms with E-state index in [1.807, 2.05) is 20.8 Å². The summed E-state index contributed by atoms with van der Waals surface area (Å²) in [5.74, 6) is 0. The number of rotatable bonds is 1. The molecule has 5 nitrogen and oxygen atoms in total. The third-order valence-electron chi connectivity index (χ3n) is 3.05. The van der Waals surface area contributed by atoms with Crippen molar-refractivity contribution in [1.82, 2.24) is 9.80 Å². The van der Waals surface area contributed by atoms with Gasteiger partial charge in [0.1, 0.15) is 5.60 Å². The van der Waals surface area contributed by atoms with Crippen molar-refractivity contribution in [2.75, 3.05) is 13.1 Å². The number of hydrogen-bond donors (Lipinski definition) is 0. The van der Waals surface area contributed by atoms with Crippen LogP contribution in [-0.2, 0) is 9.53 Å². The summed E-state index contributed by atoms with van der Waals surface area (Å²) in [5.41, 5.74) is -0.455. The molecular weight excluding hydrogens is 208 g/mol. The highest BCUT2D eigenvalue weighted by atomic mass is 16.6. The molecule has 0 aromatic carbocycles. The summed E-state index contributed by atoms with van der Waals surface area (Å²) in [6.45, 7) is 6.83. The molecule has 5 heteroatoms. The van der Waals surface area contributed by atoms with Gasteiger partial charge < -0.3 is 14.5 Å². The number of likely N-dealkylation sites (tertiary alicyclic amines) is 2. The van der Waals surface area contributed by atoms with Crippen LogP contribution in [0.5, 0.6) is 0 Å². The lowest BCUT2D eigenvalue weighted by atomic mass is 10.2. The van der Waals surface area contributed by atoms with Crippen LogP contribution >= 0.6 is 0 Å². The molecule has 2 fully saturated rings.